The SMILES string of the molecule is COc1cc(Br)c(C)c(C2(N)CCCCC2)c1OC. The fourth-order valence-electron chi connectivity index (χ4n) is 3.09. The average Bonchev–Trinajstić information content (AvgIpc) is 2.41. The summed E-state index contributed by atoms with van der Waals surface area (Å²) in [6, 6.07) is 1.95. The maximum Gasteiger partial charge on any atom is 0.166 e. The molecule has 0 heterocycles. The van der Waals surface area contributed by atoms with Crippen molar-refractivity contribution in [2.45, 2.75) is 44.6 Å². The van der Waals surface area contributed by atoms with E-state index >= 15 is 0 Å². The molecule has 1 aromatic rings. The monoisotopic (exact) mass is 327 g/mol. The van der Waals surface area contributed by atoms with Crippen molar-refractivity contribution in [1.29, 1.82) is 0 Å². The largest absolute Gasteiger partial charge is 0.493 e. The molecular formula is C15H22BrNO2. The molecule has 0 spiro atoms. The third kappa shape index (κ3) is 2.61. The molecule has 0 saturated heterocycles. The maximum absolute atomic E-state index is 6.69. The van der Waals surface area contributed by atoms with E-state index in [0.717, 1.165) is 39.9 Å². The summed E-state index contributed by atoms with van der Waals surface area (Å²) >= 11 is 3.60. The predicted molar refractivity (Wildman–Crippen MR) is 80.9 cm³/mol. The highest BCUT2D eigenvalue weighted by molar-refractivity contribution is 9.10. The fraction of sp³-hybridized carbons (Fsp3) is 0.600. The highest BCUT2D eigenvalue weighted by atomic mass is 79.9. The topological polar surface area (TPSA) is 44.5 Å². The molecule has 1 aromatic carbocycles. The minimum atomic E-state index is -0.301. The molecule has 0 amide bonds. The van der Waals surface area contributed by atoms with Crippen molar-refractivity contribution in [3.63, 3.8) is 0 Å². The summed E-state index contributed by atoms with van der Waals surface area (Å²) in [6.45, 7) is 2.09. The first-order valence-corrected chi connectivity index (χ1v) is 7.53. The van der Waals surface area contributed by atoms with Crippen LogP contribution in [0.5, 0.6) is 11.5 Å². The molecular weight excluding hydrogens is 306 g/mol. The molecule has 4 heteroatoms. The fourth-order valence-corrected chi connectivity index (χ4v) is 3.49. The molecule has 1 aliphatic rings. The predicted octanol–water partition coefficient (Wildman–Crippen LogP) is 3.89. The highest BCUT2D eigenvalue weighted by Gasteiger charge is 2.35. The molecule has 2 N–H and O–H groups in total. The van der Waals surface area contributed by atoms with Gasteiger partial charge in [-0.05, 0) is 31.4 Å². The van der Waals surface area contributed by atoms with Crippen LogP contribution < -0.4 is 15.2 Å². The molecule has 0 bridgehead atoms. The molecule has 1 saturated carbocycles. The smallest absolute Gasteiger partial charge is 0.166 e. The normalized spacial score (nSPS) is 18.2. The van der Waals surface area contributed by atoms with Crippen LogP contribution in [-0.4, -0.2) is 14.2 Å². The lowest BCUT2D eigenvalue weighted by molar-refractivity contribution is 0.280. The molecule has 0 radical (unpaired) electrons. The van der Waals surface area contributed by atoms with Crippen LogP contribution in [0.15, 0.2) is 10.5 Å². The van der Waals surface area contributed by atoms with Crippen molar-refractivity contribution in [2.24, 2.45) is 5.73 Å². The zero-order valence-corrected chi connectivity index (χ0v) is 13.5. The maximum atomic E-state index is 6.69. The Bertz CT molecular complexity index is 468. The molecule has 2 rings (SSSR count). The summed E-state index contributed by atoms with van der Waals surface area (Å²) in [5.41, 5.74) is 8.65. The van der Waals surface area contributed by atoms with Crippen LogP contribution in [0.4, 0.5) is 0 Å². The van der Waals surface area contributed by atoms with Crippen molar-refractivity contribution in [2.75, 3.05) is 14.2 Å². The highest BCUT2D eigenvalue weighted by Crippen LogP contribution is 2.47. The van der Waals surface area contributed by atoms with Gasteiger partial charge in [0, 0.05) is 15.6 Å². The Labute approximate surface area is 123 Å². The zero-order chi connectivity index (χ0) is 14.0. The van der Waals surface area contributed by atoms with Gasteiger partial charge in [0.2, 0.25) is 0 Å². The molecule has 1 fully saturated rings. The Morgan fingerprint density at radius 3 is 2.32 bits per heavy atom. The number of benzene rings is 1. The van der Waals surface area contributed by atoms with Gasteiger partial charge in [-0.2, -0.15) is 0 Å². The molecule has 3 nitrogen and oxygen atoms in total. The van der Waals surface area contributed by atoms with Gasteiger partial charge in [-0.1, -0.05) is 35.2 Å². The Hall–Kier alpha value is -0.740. The molecule has 0 atom stereocenters. The van der Waals surface area contributed by atoms with Gasteiger partial charge >= 0.3 is 0 Å². The van der Waals surface area contributed by atoms with Gasteiger partial charge in [-0.3, -0.25) is 0 Å². The molecule has 0 unspecified atom stereocenters. The Balaban J connectivity index is 2.62. The average molecular weight is 328 g/mol. The number of hydrogen-bond donors (Lipinski definition) is 1. The van der Waals surface area contributed by atoms with Gasteiger partial charge in [0.15, 0.2) is 11.5 Å². The van der Waals surface area contributed by atoms with E-state index in [1.165, 1.54) is 19.3 Å². The molecule has 0 aromatic heterocycles. The van der Waals surface area contributed by atoms with Crippen molar-refractivity contribution in [3.8, 4) is 11.5 Å². The standard InChI is InChI=1S/C15H22BrNO2/c1-10-11(16)9-12(18-2)14(19-3)13(10)15(17)7-5-4-6-8-15/h9H,4-8,17H2,1-3H3. The van der Waals surface area contributed by atoms with E-state index in [9.17, 15) is 0 Å². The first-order chi connectivity index (χ1) is 9.03. The molecule has 19 heavy (non-hydrogen) atoms. The van der Waals surface area contributed by atoms with Crippen LogP contribution in [-0.2, 0) is 5.54 Å². The first-order valence-electron chi connectivity index (χ1n) is 6.74. The third-order valence-electron chi connectivity index (χ3n) is 4.11. The van der Waals surface area contributed by atoms with Crippen LogP contribution >= 0.6 is 15.9 Å². The summed E-state index contributed by atoms with van der Waals surface area (Å²) < 4.78 is 12.1. The van der Waals surface area contributed by atoms with Crippen LogP contribution in [0.1, 0.15) is 43.2 Å². The quantitative estimate of drug-likeness (QED) is 0.915. The number of hydrogen-bond acceptors (Lipinski definition) is 3. The van der Waals surface area contributed by atoms with Gasteiger partial charge in [0.1, 0.15) is 0 Å². The number of halogens is 1. The second-order valence-electron chi connectivity index (χ2n) is 5.31. The van der Waals surface area contributed by atoms with E-state index in [-0.39, 0.29) is 5.54 Å². The van der Waals surface area contributed by atoms with Crippen LogP contribution in [0.3, 0.4) is 0 Å². The Kier molecular flexibility index (Phi) is 4.41. The summed E-state index contributed by atoms with van der Waals surface area (Å²) in [7, 11) is 3.34. The second kappa shape index (κ2) is 5.71. The minimum Gasteiger partial charge on any atom is -0.493 e. The molecule has 0 aliphatic heterocycles. The zero-order valence-electron chi connectivity index (χ0n) is 11.9. The van der Waals surface area contributed by atoms with Crippen LogP contribution in [0.25, 0.3) is 0 Å². The number of ether oxygens (including phenoxy) is 2. The van der Waals surface area contributed by atoms with Crippen LogP contribution in [0, 0.1) is 6.92 Å². The molecule has 1 aliphatic carbocycles. The van der Waals surface area contributed by atoms with Gasteiger partial charge in [0.05, 0.1) is 14.2 Å². The molecule has 106 valence electrons. The summed E-state index contributed by atoms with van der Waals surface area (Å²) in [6.07, 6.45) is 5.63. The summed E-state index contributed by atoms with van der Waals surface area (Å²) in [5.74, 6) is 1.53. The lowest BCUT2D eigenvalue weighted by Gasteiger charge is -2.36. The number of nitrogens with two attached hydrogens (primary N) is 1. The Morgan fingerprint density at radius 1 is 1.16 bits per heavy atom. The van der Waals surface area contributed by atoms with Gasteiger partial charge < -0.3 is 15.2 Å². The van der Waals surface area contributed by atoms with Crippen molar-refractivity contribution < 1.29 is 9.47 Å². The van der Waals surface area contributed by atoms with E-state index in [1.807, 2.05) is 6.07 Å². The number of methoxy groups -OCH3 is 2. The minimum absolute atomic E-state index is 0.301. The van der Waals surface area contributed by atoms with E-state index < -0.39 is 0 Å². The summed E-state index contributed by atoms with van der Waals surface area (Å²) in [5, 5.41) is 0. The van der Waals surface area contributed by atoms with Crippen molar-refractivity contribution >= 4 is 15.9 Å². The van der Waals surface area contributed by atoms with Crippen molar-refractivity contribution in [1.82, 2.24) is 0 Å². The lowest BCUT2D eigenvalue weighted by Crippen LogP contribution is -2.39. The van der Waals surface area contributed by atoms with Crippen LogP contribution in [0.2, 0.25) is 0 Å². The third-order valence-corrected chi connectivity index (χ3v) is 4.93. The van der Waals surface area contributed by atoms with E-state index in [2.05, 4.69) is 22.9 Å². The van der Waals surface area contributed by atoms with E-state index in [4.69, 9.17) is 15.2 Å². The second-order valence-corrected chi connectivity index (χ2v) is 6.17. The van der Waals surface area contributed by atoms with E-state index in [1.54, 1.807) is 14.2 Å². The van der Waals surface area contributed by atoms with Gasteiger partial charge in [0.25, 0.3) is 0 Å². The Morgan fingerprint density at radius 2 is 1.79 bits per heavy atom. The van der Waals surface area contributed by atoms with Gasteiger partial charge in [-0.15, -0.1) is 0 Å². The summed E-state index contributed by atoms with van der Waals surface area (Å²) in [4.78, 5) is 0. The van der Waals surface area contributed by atoms with E-state index in [0.29, 0.717) is 0 Å². The number of rotatable bonds is 3. The first kappa shape index (κ1) is 14.7. The van der Waals surface area contributed by atoms with Crippen molar-refractivity contribution in [3.05, 3.63) is 21.7 Å². The van der Waals surface area contributed by atoms with Gasteiger partial charge in [-0.25, -0.2) is 0 Å². The lowest BCUT2D eigenvalue weighted by atomic mass is 9.75.